The molecule has 0 radical (unpaired) electrons. The molecule has 0 aromatic heterocycles. The van der Waals surface area contributed by atoms with E-state index in [1.54, 1.807) is 0 Å². The average molecular weight is 195 g/mol. The molecule has 0 aromatic rings. The van der Waals surface area contributed by atoms with Crippen LogP contribution in [0.2, 0.25) is 0 Å². The molecule has 3 fully saturated rings. The van der Waals surface area contributed by atoms with Gasteiger partial charge in [0.2, 0.25) is 0 Å². The molecule has 80 valence electrons. The molecule has 1 aliphatic heterocycles. The van der Waals surface area contributed by atoms with Gasteiger partial charge in [-0.3, -0.25) is 0 Å². The SMILES string of the molecule is C[C@@]12CC[C@@](O)(C1)[C@@H]1CCCN[C@@H]1C2. The third kappa shape index (κ3) is 1.17. The average Bonchev–Trinajstić information content (AvgIpc) is 2.39. The lowest BCUT2D eigenvalue weighted by atomic mass is 9.65. The Morgan fingerprint density at radius 3 is 3.07 bits per heavy atom. The van der Waals surface area contributed by atoms with Crippen LogP contribution >= 0.6 is 0 Å². The summed E-state index contributed by atoms with van der Waals surface area (Å²) in [5.41, 5.74) is 0.116. The molecule has 2 N–H and O–H groups in total. The lowest BCUT2D eigenvalue weighted by molar-refractivity contribution is -0.0744. The lowest BCUT2D eigenvalue weighted by Gasteiger charge is -2.48. The molecule has 1 heterocycles. The first-order valence-electron chi connectivity index (χ1n) is 6.07. The normalized spacial score (nSPS) is 57.0. The Morgan fingerprint density at radius 1 is 1.36 bits per heavy atom. The summed E-state index contributed by atoms with van der Waals surface area (Å²) in [5, 5.41) is 14.3. The highest BCUT2D eigenvalue weighted by molar-refractivity contribution is 5.10. The standard InChI is InChI=1S/C12H21NO/c1-11-4-5-12(14,8-11)9-3-2-6-13-10(9)7-11/h9-10,13-14H,2-8H2,1H3/t9-,10-,11+,12-/m1/s1. The second kappa shape index (κ2) is 2.73. The van der Waals surface area contributed by atoms with Crippen molar-refractivity contribution in [3.05, 3.63) is 0 Å². The van der Waals surface area contributed by atoms with Crippen LogP contribution in [0.1, 0.15) is 45.4 Å². The molecule has 0 spiro atoms. The van der Waals surface area contributed by atoms with Crippen LogP contribution in [-0.4, -0.2) is 23.3 Å². The second-order valence-corrected chi connectivity index (χ2v) is 6.10. The first-order valence-corrected chi connectivity index (χ1v) is 6.07. The van der Waals surface area contributed by atoms with Crippen molar-refractivity contribution in [3.63, 3.8) is 0 Å². The highest BCUT2D eigenvalue weighted by Gasteiger charge is 2.56. The molecule has 3 rings (SSSR count). The van der Waals surface area contributed by atoms with Gasteiger partial charge in [0.1, 0.15) is 0 Å². The second-order valence-electron chi connectivity index (χ2n) is 6.10. The molecule has 2 bridgehead atoms. The Balaban J connectivity index is 1.91. The summed E-state index contributed by atoms with van der Waals surface area (Å²) < 4.78 is 0. The van der Waals surface area contributed by atoms with Crippen LogP contribution in [0.5, 0.6) is 0 Å². The third-order valence-corrected chi connectivity index (χ3v) is 4.88. The first-order chi connectivity index (χ1) is 6.61. The molecule has 2 nitrogen and oxygen atoms in total. The van der Waals surface area contributed by atoms with Crippen LogP contribution in [0.4, 0.5) is 0 Å². The summed E-state index contributed by atoms with van der Waals surface area (Å²) in [4.78, 5) is 0. The molecule has 0 unspecified atom stereocenters. The van der Waals surface area contributed by atoms with Crippen molar-refractivity contribution in [2.75, 3.05) is 6.54 Å². The van der Waals surface area contributed by atoms with Crippen molar-refractivity contribution in [3.8, 4) is 0 Å². The smallest absolute Gasteiger partial charge is 0.0696 e. The first kappa shape index (κ1) is 9.17. The van der Waals surface area contributed by atoms with Gasteiger partial charge in [0.15, 0.2) is 0 Å². The molecule has 0 aromatic carbocycles. The van der Waals surface area contributed by atoms with Gasteiger partial charge in [-0.15, -0.1) is 0 Å². The van der Waals surface area contributed by atoms with E-state index >= 15 is 0 Å². The van der Waals surface area contributed by atoms with Crippen molar-refractivity contribution in [2.45, 2.75) is 57.1 Å². The molecular weight excluding hydrogens is 174 g/mol. The van der Waals surface area contributed by atoms with Gasteiger partial charge in [-0.1, -0.05) is 6.92 Å². The van der Waals surface area contributed by atoms with Gasteiger partial charge in [-0.05, 0) is 50.5 Å². The maximum absolute atomic E-state index is 10.6. The summed E-state index contributed by atoms with van der Waals surface area (Å²) in [7, 11) is 0. The molecular formula is C12H21NO. The lowest BCUT2D eigenvalue weighted by Crippen LogP contribution is -2.56. The van der Waals surface area contributed by atoms with Gasteiger partial charge >= 0.3 is 0 Å². The summed E-state index contributed by atoms with van der Waals surface area (Å²) in [6, 6.07) is 0.606. The number of hydrogen-bond acceptors (Lipinski definition) is 2. The number of rotatable bonds is 0. The van der Waals surface area contributed by atoms with Gasteiger partial charge in [-0.25, -0.2) is 0 Å². The van der Waals surface area contributed by atoms with E-state index in [-0.39, 0.29) is 5.60 Å². The highest BCUT2D eigenvalue weighted by atomic mass is 16.3. The van der Waals surface area contributed by atoms with E-state index in [2.05, 4.69) is 12.2 Å². The molecule has 14 heavy (non-hydrogen) atoms. The topological polar surface area (TPSA) is 32.3 Å². The van der Waals surface area contributed by atoms with Gasteiger partial charge in [0.05, 0.1) is 5.60 Å². The summed E-state index contributed by atoms with van der Waals surface area (Å²) in [5.74, 6) is 0.548. The Kier molecular flexibility index (Phi) is 1.79. The number of fused-ring (bicyclic) bond motifs is 4. The zero-order valence-corrected chi connectivity index (χ0v) is 9.05. The summed E-state index contributed by atoms with van der Waals surface area (Å²) >= 11 is 0. The number of aliphatic hydroxyl groups is 1. The minimum Gasteiger partial charge on any atom is -0.390 e. The van der Waals surface area contributed by atoms with Gasteiger partial charge in [0, 0.05) is 12.0 Å². The molecule has 1 saturated heterocycles. The molecule has 2 saturated carbocycles. The number of hydrogen-bond donors (Lipinski definition) is 2. The van der Waals surface area contributed by atoms with E-state index in [1.807, 2.05) is 0 Å². The summed E-state index contributed by atoms with van der Waals surface area (Å²) in [6.07, 6.45) is 7.12. The van der Waals surface area contributed by atoms with Crippen molar-refractivity contribution in [1.29, 1.82) is 0 Å². The van der Waals surface area contributed by atoms with E-state index < -0.39 is 0 Å². The fourth-order valence-electron chi connectivity index (χ4n) is 4.27. The molecule has 4 atom stereocenters. The molecule has 3 aliphatic rings. The van der Waals surface area contributed by atoms with E-state index in [1.165, 1.54) is 25.7 Å². The highest BCUT2D eigenvalue weighted by Crippen LogP contribution is 2.57. The van der Waals surface area contributed by atoms with E-state index in [9.17, 15) is 5.11 Å². The Bertz CT molecular complexity index is 255. The van der Waals surface area contributed by atoms with Crippen LogP contribution in [0.15, 0.2) is 0 Å². The fraction of sp³-hybridized carbons (Fsp3) is 1.00. The Hall–Kier alpha value is -0.0800. The number of piperidine rings is 1. The van der Waals surface area contributed by atoms with Crippen molar-refractivity contribution < 1.29 is 5.11 Å². The van der Waals surface area contributed by atoms with E-state index in [0.717, 1.165) is 19.4 Å². The van der Waals surface area contributed by atoms with Crippen LogP contribution in [-0.2, 0) is 0 Å². The quantitative estimate of drug-likeness (QED) is 0.616. The van der Waals surface area contributed by atoms with Crippen LogP contribution in [0.25, 0.3) is 0 Å². The van der Waals surface area contributed by atoms with Crippen molar-refractivity contribution in [2.24, 2.45) is 11.3 Å². The van der Waals surface area contributed by atoms with E-state index in [4.69, 9.17) is 0 Å². The van der Waals surface area contributed by atoms with Gasteiger partial charge in [-0.2, -0.15) is 0 Å². The van der Waals surface area contributed by atoms with Crippen LogP contribution in [0.3, 0.4) is 0 Å². The zero-order valence-electron chi connectivity index (χ0n) is 9.05. The maximum Gasteiger partial charge on any atom is 0.0696 e. The zero-order chi connectivity index (χ0) is 9.81. The largest absolute Gasteiger partial charge is 0.390 e. The van der Waals surface area contributed by atoms with Gasteiger partial charge in [0.25, 0.3) is 0 Å². The Morgan fingerprint density at radius 2 is 2.21 bits per heavy atom. The minimum atomic E-state index is -0.314. The molecule has 0 amide bonds. The van der Waals surface area contributed by atoms with Crippen molar-refractivity contribution in [1.82, 2.24) is 5.32 Å². The monoisotopic (exact) mass is 195 g/mol. The third-order valence-electron chi connectivity index (χ3n) is 4.88. The summed E-state index contributed by atoms with van der Waals surface area (Å²) in [6.45, 7) is 3.52. The van der Waals surface area contributed by atoms with Gasteiger partial charge < -0.3 is 10.4 Å². The molecule has 2 heteroatoms. The fourth-order valence-corrected chi connectivity index (χ4v) is 4.27. The van der Waals surface area contributed by atoms with E-state index in [0.29, 0.717) is 17.4 Å². The maximum atomic E-state index is 10.6. The predicted molar refractivity (Wildman–Crippen MR) is 56.0 cm³/mol. The number of nitrogens with one attached hydrogen (secondary N) is 1. The van der Waals surface area contributed by atoms with Crippen molar-refractivity contribution >= 4 is 0 Å². The van der Waals surface area contributed by atoms with Crippen LogP contribution in [0, 0.1) is 11.3 Å². The predicted octanol–water partition coefficient (Wildman–Crippen LogP) is 1.68. The van der Waals surface area contributed by atoms with Crippen LogP contribution < -0.4 is 5.32 Å². The minimum absolute atomic E-state index is 0.314. The Labute approximate surface area is 86.1 Å². The molecule has 2 aliphatic carbocycles.